The molecule has 0 fully saturated rings. The molecule has 0 aliphatic carbocycles. The number of Topliss-reactive ketones (excluding diaryl/α,β-unsaturated/α-hetero) is 1. The maximum Gasteiger partial charge on any atom is 0.282 e. The topological polar surface area (TPSA) is 39.9 Å². The third kappa shape index (κ3) is 6.60. The molecule has 0 bridgehead atoms. The van der Waals surface area contributed by atoms with Crippen molar-refractivity contribution in [1.29, 1.82) is 0 Å². The lowest BCUT2D eigenvalue weighted by Crippen LogP contribution is -2.40. The molecule has 1 aromatic heterocycles. The second-order valence-electron chi connectivity index (χ2n) is 11.1. The third-order valence-corrected chi connectivity index (χ3v) is 7.69. The number of unbranched alkanes of at least 4 members (excludes halogenated alkanes) is 1. The summed E-state index contributed by atoms with van der Waals surface area (Å²) in [6.45, 7) is 1.81. The number of nitrogens with zero attached hydrogens (tertiary/aromatic N) is 4. The number of hydrogen-bond donors (Lipinski definition) is 0. The Hall–Kier alpha value is -4.16. The van der Waals surface area contributed by atoms with Crippen molar-refractivity contribution < 1.29 is 14.1 Å². The highest BCUT2D eigenvalue weighted by Crippen LogP contribution is 2.38. The Kier molecular flexibility index (Phi) is 9.00. The summed E-state index contributed by atoms with van der Waals surface area (Å²) in [5.41, 5.74) is 4.36. The number of hydrogen-bond acceptors (Lipinski definition) is 5. The van der Waals surface area contributed by atoms with E-state index in [1.165, 1.54) is 0 Å². The van der Waals surface area contributed by atoms with E-state index in [1.54, 1.807) is 0 Å². The van der Waals surface area contributed by atoms with Crippen LogP contribution < -0.4 is 19.1 Å². The molecule has 2 heterocycles. The van der Waals surface area contributed by atoms with Crippen LogP contribution >= 0.6 is 0 Å². The van der Waals surface area contributed by atoms with Gasteiger partial charge in [-0.3, -0.25) is 9.69 Å². The Balaban J connectivity index is 1.45. The Morgan fingerprint density at radius 1 is 0.854 bits per heavy atom. The fourth-order valence-corrected chi connectivity index (χ4v) is 5.45. The molecule has 41 heavy (non-hydrogen) atoms. The van der Waals surface area contributed by atoms with Gasteiger partial charge in [-0.15, -0.1) is 0 Å². The largest absolute Gasteiger partial charge is 0.439 e. The second kappa shape index (κ2) is 13.0. The summed E-state index contributed by atoms with van der Waals surface area (Å²) in [6, 6.07) is 29.3. The van der Waals surface area contributed by atoms with Gasteiger partial charge >= 0.3 is 0 Å². The molecule has 0 saturated heterocycles. The first-order chi connectivity index (χ1) is 19.9. The van der Waals surface area contributed by atoms with Crippen molar-refractivity contribution in [1.82, 2.24) is 4.90 Å². The van der Waals surface area contributed by atoms with Crippen LogP contribution in [0.4, 0.5) is 11.5 Å². The number of ketones is 1. The van der Waals surface area contributed by atoms with E-state index in [-0.39, 0.29) is 0 Å². The van der Waals surface area contributed by atoms with Crippen LogP contribution in [0, 0.1) is 0 Å². The monoisotopic (exact) mass is 549 g/mol. The molecule has 1 aliphatic rings. The number of fused-ring (bicyclic) bond motifs is 2. The van der Waals surface area contributed by atoms with Gasteiger partial charge in [0.15, 0.2) is 5.75 Å². The van der Waals surface area contributed by atoms with E-state index in [4.69, 9.17) is 4.74 Å². The summed E-state index contributed by atoms with van der Waals surface area (Å²) in [7, 11) is 8.31. The van der Waals surface area contributed by atoms with Crippen LogP contribution in [0.15, 0.2) is 90.8 Å². The summed E-state index contributed by atoms with van der Waals surface area (Å²) in [6.07, 6.45) is 6.26. The van der Waals surface area contributed by atoms with Gasteiger partial charge < -0.3 is 14.5 Å². The molecule has 212 valence electrons. The van der Waals surface area contributed by atoms with Crippen LogP contribution in [0.1, 0.15) is 37.7 Å². The maximum absolute atomic E-state index is 12.6. The fourth-order valence-electron chi connectivity index (χ4n) is 5.45. The van der Waals surface area contributed by atoms with Gasteiger partial charge in [0.2, 0.25) is 5.88 Å². The number of pyridine rings is 1. The number of ether oxygens (including phenoxy) is 1. The summed E-state index contributed by atoms with van der Waals surface area (Å²) in [5.74, 6) is 3.09. The van der Waals surface area contributed by atoms with Gasteiger partial charge in [0.25, 0.3) is 5.82 Å². The minimum Gasteiger partial charge on any atom is -0.439 e. The molecule has 0 radical (unpaired) electrons. The Morgan fingerprint density at radius 3 is 2.34 bits per heavy atom. The van der Waals surface area contributed by atoms with Crippen molar-refractivity contribution in [3.8, 4) is 11.4 Å². The molecule has 0 spiro atoms. The highest BCUT2D eigenvalue weighted by molar-refractivity contribution is 5.88. The van der Waals surface area contributed by atoms with Crippen LogP contribution in [0.2, 0.25) is 0 Å². The van der Waals surface area contributed by atoms with Gasteiger partial charge in [-0.25, -0.2) is 0 Å². The van der Waals surface area contributed by atoms with E-state index in [2.05, 4.69) is 107 Å². The minimum absolute atomic E-state index is 0.359. The highest BCUT2D eigenvalue weighted by Gasteiger charge is 2.26. The molecule has 4 aromatic rings. The van der Waals surface area contributed by atoms with Crippen LogP contribution in [0.25, 0.3) is 22.7 Å². The molecule has 3 aromatic carbocycles. The molecular formula is C35H41N4O2+. The number of rotatable bonds is 12. The van der Waals surface area contributed by atoms with Gasteiger partial charge in [-0.1, -0.05) is 48.5 Å². The first-order valence-corrected chi connectivity index (χ1v) is 14.6. The molecule has 0 amide bonds. The average molecular weight is 550 g/mol. The van der Waals surface area contributed by atoms with Crippen LogP contribution in [0.5, 0.6) is 5.75 Å². The van der Waals surface area contributed by atoms with Crippen molar-refractivity contribution in [2.45, 2.75) is 32.1 Å². The van der Waals surface area contributed by atoms with E-state index in [9.17, 15) is 4.79 Å². The molecule has 0 atom stereocenters. The van der Waals surface area contributed by atoms with Gasteiger partial charge in [0.1, 0.15) is 17.0 Å². The Morgan fingerprint density at radius 2 is 1.56 bits per heavy atom. The summed E-state index contributed by atoms with van der Waals surface area (Å²) >= 11 is 0. The van der Waals surface area contributed by atoms with Crippen molar-refractivity contribution in [3.05, 3.63) is 96.4 Å². The zero-order valence-electron chi connectivity index (χ0n) is 24.7. The van der Waals surface area contributed by atoms with E-state index in [0.29, 0.717) is 18.6 Å². The van der Waals surface area contributed by atoms with Crippen LogP contribution in [0.3, 0.4) is 0 Å². The minimum atomic E-state index is 0.359. The number of benzene rings is 3. The maximum atomic E-state index is 12.6. The van der Waals surface area contributed by atoms with Gasteiger partial charge in [-0.2, -0.15) is 4.57 Å². The Labute approximate surface area is 244 Å². The molecule has 6 nitrogen and oxygen atoms in total. The predicted molar refractivity (Wildman–Crippen MR) is 169 cm³/mol. The lowest BCUT2D eigenvalue weighted by molar-refractivity contribution is -0.553. The lowest BCUT2D eigenvalue weighted by atomic mass is 10.1. The molecule has 0 unspecified atom stereocenters. The molecule has 5 rings (SSSR count). The standard InChI is InChI=1S/C35H41N4O2/c1-36(2)23-13-12-17-29(40)18-14-24-37(3)34-25-27(26-35-38(4)32-21-10-11-22-33(32)41-35)30-19-8-9-20-31(30)39(34)28-15-6-5-7-16-28/h5-11,15-16,19-22,25-26H,12-14,17-18,23-24H2,1-4H3/q+1. The molecule has 1 aliphatic heterocycles. The second-order valence-corrected chi connectivity index (χ2v) is 11.1. The zero-order chi connectivity index (χ0) is 28.8. The number of aromatic nitrogens is 1. The molecular weight excluding hydrogens is 508 g/mol. The van der Waals surface area contributed by atoms with E-state index < -0.39 is 0 Å². The predicted octanol–water partition coefficient (Wildman–Crippen LogP) is 6.46. The van der Waals surface area contributed by atoms with Crippen LogP contribution in [-0.2, 0) is 4.79 Å². The summed E-state index contributed by atoms with van der Waals surface area (Å²) < 4.78 is 8.57. The average Bonchev–Trinajstić information content (AvgIpc) is 3.30. The SMILES string of the molecule is CN(C)CCCCC(=O)CCCN(C)c1cc(C=C2Oc3ccccc3N2C)c2ccccc2[n+]1-c1ccccc1. The first kappa shape index (κ1) is 28.4. The fraction of sp³-hybridized carbons (Fsp3) is 0.314. The van der Waals surface area contributed by atoms with Crippen molar-refractivity contribution in [3.63, 3.8) is 0 Å². The van der Waals surface area contributed by atoms with E-state index >= 15 is 0 Å². The zero-order valence-corrected chi connectivity index (χ0v) is 24.7. The Bertz CT molecular complexity index is 1530. The van der Waals surface area contributed by atoms with Crippen molar-refractivity contribution in [2.75, 3.05) is 51.1 Å². The van der Waals surface area contributed by atoms with Crippen LogP contribution in [-0.4, -0.2) is 52.0 Å². The molecule has 0 N–H and O–H groups in total. The normalized spacial score (nSPS) is 13.6. The third-order valence-electron chi connectivity index (χ3n) is 7.69. The number of para-hydroxylation sites is 4. The molecule has 0 saturated carbocycles. The van der Waals surface area contributed by atoms with Gasteiger partial charge in [0.05, 0.1) is 19.3 Å². The summed E-state index contributed by atoms with van der Waals surface area (Å²) in [4.78, 5) is 19.1. The smallest absolute Gasteiger partial charge is 0.282 e. The van der Waals surface area contributed by atoms with Gasteiger partial charge in [-0.05, 0) is 75.8 Å². The highest BCUT2D eigenvalue weighted by atomic mass is 16.5. The molecule has 6 heteroatoms. The summed E-state index contributed by atoms with van der Waals surface area (Å²) in [5, 5.41) is 1.14. The van der Waals surface area contributed by atoms with E-state index in [1.807, 2.05) is 31.3 Å². The van der Waals surface area contributed by atoms with Crippen molar-refractivity contribution >= 4 is 34.3 Å². The van der Waals surface area contributed by atoms with Gasteiger partial charge in [0, 0.05) is 37.4 Å². The van der Waals surface area contributed by atoms with E-state index in [0.717, 1.165) is 77.6 Å². The van der Waals surface area contributed by atoms with Crippen molar-refractivity contribution in [2.24, 2.45) is 0 Å². The number of carbonyl (C=O) groups is 1. The number of anilines is 2. The first-order valence-electron chi connectivity index (χ1n) is 14.6. The quantitative estimate of drug-likeness (QED) is 0.150. The lowest BCUT2D eigenvalue weighted by Gasteiger charge is -2.19. The number of carbonyl (C=O) groups excluding carboxylic acids is 1.